The van der Waals surface area contributed by atoms with Crippen LogP contribution in [0.2, 0.25) is 0 Å². The molecule has 1 atom stereocenters. The number of ether oxygens (including phenoxy) is 1. The van der Waals surface area contributed by atoms with Crippen LogP contribution in [0, 0.1) is 11.8 Å². The van der Waals surface area contributed by atoms with Crippen LogP contribution in [0.5, 0.6) is 5.75 Å². The summed E-state index contributed by atoms with van der Waals surface area (Å²) in [6.07, 6.45) is 3.20. The van der Waals surface area contributed by atoms with Crippen molar-refractivity contribution in [2.24, 2.45) is 16.8 Å². The van der Waals surface area contributed by atoms with Crippen molar-refractivity contribution in [2.75, 3.05) is 51.3 Å². The van der Waals surface area contributed by atoms with Gasteiger partial charge in [0.2, 0.25) is 5.91 Å². The van der Waals surface area contributed by atoms with Crippen LogP contribution in [0.3, 0.4) is 0 Å². The molecule has 0 spiro atoms. The fraction of sp³-hybridized carbons (Fsp3) is 0.619. The van der Waals surface area contributed by atoms with Crippen molar-refractivity contribution in [3.8, 4) is 5.75 Å². The van der Waals surface area contributed by atoms with Crippen molar-refractivity contribution in [1.29, 1.82) is 0 Å². The summed E-state index contributed by atoms with van der Waals surface area (Å²) in [6, 6.07) is 8.18. The molecule has 3 N–H and O–H groups in total. The molecule has 1 amide bonds. The molecule has 2 fully saturated rings. The van der Waals surface area contributed by atoms with Crippen molar-refractivity contribution in [3.05, 3.63) is 24.3 Å². The maximum absolute atomic E-state index is 11.7. The number of halogens is 1. The molecule has 1 unspecified atom stereocenters. The number of para-hydroxylation sites is 2. The molecular formula is C21H34IN5O2. The van der Waals surface area contributed by atoms with Gasteiger partial charge in [-0.3, -0.25) is 9.79 Å². The Morgan fingerprint density at radius 3 is 2.66 bits per heavy atom. The van der Waals surface area contributed by atoms with Gasteiger partial charge in [-0.25, -0.2) is 0 Å². The number of rotatable bonds is 9. The number of hydrogen-bond acceptors (Lipinski definition) is 4. The highest BCUT2D eigenvalue weighted by Gasteiger charge is 2.29. The number of hydrogen-bond donors (Lipinski definition) is 3. The molecule has 1 aliphatic heterocycles. The number of anilines is 1. The molecule has 7 nitrogen and oxygen atoms in total. The quantitative estimate of drug-likeness (QED) is 0.204. The number of benzene rings is 1. The summed E-state index contributed by atoms with van der Waals surface area (Å²) in [4.78, 5) is 18.8. The summed E-state index contributed by atoms with van der Waals surface area (Å²) in [5.41, 5.74) is 1.16. The van der Waals surface area contributed by atoms with Gasteiger partial charge in [0.1, 0.15) is 5.75 Å². The molecule has 0 radical (unpaired) electrons. The predicted molar refractivity (Wildman–Crippen MR) is 128 cm³/mol. The third kappa shape index (κ3) is 7.24. The average Bonchev–Trinajstić information content (AvgIpc) is 3.47. The van der Waals surface area contributed by atoms with Crippen LogP contribution in [0.15, 0.2) is 29.3 Å². The number of nitrogens with zero attached hydrogens (tertiary/aromatic N) is 2. The Labute approximate surface area is 191 Å². The summed E-state index contributed by atoms with van der Waals surface area (Å²) in [6.45, 7) is 6.99. The standard InChI is InChI=1S/C21H33N5O2.HI/c1-3-22-21(24-12-11-23-20(27)17-8-9-17)25-14-16-10-13-26(15-16)18-6-4-5-7-19(18)28-2;/h4-7,16-17H,3,8-15H2,1-2H3,(H,23,27)(H2,22,24,25);1H. The number of methoxy groups -OCH3 is 1. The first-order chi connectivity index (χ1) is 13.7. The number of amides is 1. The summed E-state index contributed by atoms with van der Waals surface area (Å²) in [5.74, 6) is 2.71. The van der Waals surface area contributed by atoms with E-state index in [9.17, 15) is 4.79 Å². The second kappa shape index (κ2) is 12.1. The number of nitrogens with one attached hydrogen (secondary N) is 3. The van der Waals surface area contributed by atoms with Crippen molar-refractivity contribution in [2.45, 2.75) is 26.2 Å². The first-order valence-electron chi connectivity index (χ1n) is 10.4. The molecule has 3 rings (SSSR count). The van der Waals surface area contributed by atoms with Crippen LogP contribution in [0.25, 0.3) is 0 Å². The predicted octanol–water partition coefficient (Wildman–Crippen LogP) is 2.22. The Bertz CT molecular complexity index is 681. The lowest BCUT2D eigenvalue weighted by Crippen LogP contribution is -2.42. The first-order valence-corrected chi connectivity index (χ1v) is 10.4. The largest absolute Gasteiger partial charge is 0.495 e. The molecule has 1 saturated heterocycles. The van der Waals surface area contributed by atoms with Crippen LogP contribution in [0.4, 0.5) is 5.69 Å². The zero-order valence-electron chi connectivity index (χ0n) is 17.4. The minimum Gasteiger partial charge on any atom is -0.495 e. The zero-order chi connectivity index (χ0) is 19.8. The molecule has 1 aromatic rings. The van der Waals surface area contributed by atoms with Crippen LogP contribution in [0.1, 0.15) is 26.2 Å². The van der Waals surface area contributed by atoms with E-state index in [2.05, 4.69) is 39.9 Å². The summed E-state index contributed by atoms with van der Waals surface area (Å²) in [7, 11) is 1.72. The Balaban J connectivity index is 0.00000300. The first kappa shape index (κ1) is 23.6. The van der Waals surface area contributed by atoms with Gasteiger partial charge < -0.3 is 25.6 Å². The highest BCUT2D eigenvalue weighted by atomic mass is 127. The van der Waals surface area contributed by atoms with Crippen LogP contribution in [-0.4, -0.2) is 58.2 Å². The molecule has 0 aromatic heterocycles. The van der Waals surface area contributed by atoms with E-state index in [0.29, 0.717) is 19.0 Å². The van der Waals surface area contributed by atoms with Crippen molar-refractivity contribution >= 4 is 41.5 Å². The third-order valence-electron chi connectivity index (χ3n) is 5.23. The highest BCUT2D eigenvalue weighted by molar-refractivity contribution is 14.0. The summed E-state index contributed by atoms with van der Waals surface area (Å²) in [5, 5.41) is 9.57. The average molecular weight is 515 g/mol. The topological polar surface area (TPSA) is 78.0 Å². The van der Waals surface area contributed by atoms with Crippen molar-refractivity contribution in [1.82, 2.24) is 16.0 Å². The van der Waals surface area contributed by atoms with E-state index in [1.54, 1.807) is 7.11 Å². The Morgan fingerprint density at radius 2 is 1.93 bits per heavy atom. The maximum Gasteiger partial charge on any atom is 0.223 e. The van der Waals surface area contributed by atoms with E-state index in [0.717, 1.165) is 62.8 Å². The number of carbonyl (C=O) groups is 1. The van der Waals surface area contributed by atoms with Crippen LogP contribution < -0.4 is 25.6 Å². The van der Waals surface area contributed by atoms with E-state index in [-0.39, 0.29) is 35.8 Å². The molecule has 1 saturated carbocycles. The second-order valence-corrected chi connectivity index (χ2v) is 7.48. The zero-order valence-corrected chi connectivity index (χ0v) is 19.8. The van der Waals surface area contributed by atoms with Crippen molar-refractivity contribution in [3.63, 3.8) is 0 Å². The summed E-state index contributed by atoms with van der Waals surface area (Å²) < 4.78 is 5.49. The van der Waals surface area contributed by atoms with Crippen LogP contribution in [-0.2, 0) is 4.79 Å². The van der Waals surface area contributed by atoms with Gasteiger partial charge in [0.05, 0.1) is 12.8 Å². The second-order valence-electron chi connectivity index (χ2n) is 7.48. The van der Waals surface area contributed by atoms with Gasteiger partial charge in [0, 0.05) is 45.2 Å². The molecule has 0 bridgehead atoms. The molecule has 2 aliphatic rings. The monoisotopic (exact) mass is 515 g/mol. The Kier molecular flexibility index (Phi) is 9.83. The van der Waals surface area contributed by atoms with Gasteiger partial charge >= 0.3 is 0 Å². The molecule has 29 heavy (non-hydrogen) atoms. The lowest BCUT2D eigenvalue weighted by Gasteiger charge is -2.21. The SMILES string of the molecule is CCNC(=NCC1CCN(c2ccccc2OC)C1)NCCNC(=O)C1CC1.I. The van der Waals surface area contributed by atoms with E-state index in [1.807, 2.05) is 12.1 Å². The van der Waals surface area contributed by atoms with Gasteiger partial charge in [-0.15, -0.1) is 24.0 Å². The van der Waals surface area contributed by atoms with Gasteiger partial charge in [-0.2, -0.15) is 0 Å². The molecule has 1 heterocycles. The van der Waals surface area contributed by atoms with Gasteiger partial charge in [0.15, 0.2) is 5.96 Å². The minimum atomic E-state index is 0. The third-order valence-corrected chi connectivity index (χ3v) is 5.23. The molecule has 1 aromatic carbocycles. The lowest BCUT2D eigenvalue weighted by atomic mass is 10.1. The fourth-order valence-corrected chi connectivity index (χ4v) is 3.51. The van der Waals surface area contributed by atoms with Gasteiger partial charge in [0.25, 0.3) is 0 Å². The number of aliphatic imine (C=N–C) groups is 1. The lowest BCUT2D eigenvalue weighted by molar-refractivity contribution is -0.122. The van der Waals surface area contributed by atoms with Crippen molar-refractivity contribution < 1.29 is 9.53 Å². The molecular weight excluding hydrogens is 481 g/mol. The van der Waals surface area contributed by atoms with Gasteiger partial charge in [-0.05, 0) is 44.2 Å². The van der Waals surface area contributed by atoms with E-state index in [1.165, 1.54) is 0 Å². The Morgan fingerprint density at radius 1 is 1.17 bits per heavy atom. The minimum absolute atomic E-state index is 0. The van der Waals surface area contributed by atoms with Gasteiger partial charge in [-0.1, -0.05) is 12.1 Å². The number of guanidine groups is 1. The normalized spacial score (nSPS) is 18.8. The van der Waals surface area contributed by atoms with E-state index < -0.39 is 0 Å². The van der Waals surface area contributed by atoms with E-state index >= 15 is 0 Å². The van der Waals surface area contributed by atoms with E-state index in [4.69, 9.17) is 9.73 Å². The van der Waals surface area contributed by atoms with Crippen LogP contribution >= 0.6 is 24.0 Å². The molecule has 8 heteroatoms. The number of carbonyl (C=O) groups excluding carboxylic acids is 1. The summed E-state index contributed by atoms with van der Waals surface area (Å²) >= 11 is 0. The highest BCUT2D eigenvalue weighted by Crippen LogP contribution is 2.32. The smallest absolute Gasteiger partial charge is 0.223 e. The molecule has 1 aliphatic carbocycles. The maximum atomic E-state index is 11.7. The molecule has 162 valence electrons. The fourth-order valence-electron chi connectivity index (χ4n) is 3.51. The Hall–Kier alpha value is -1.71.